The summed E-state index contributed by atoms with van der Waals surface area (Å²) in [5, 5.41) is 0. The monoisotopic (exact) mass is 304 g/mol. The van der Waals surface area contributed by atoms with Crippen LogP contribution in [0, 0.1) is 11.8 Å². The van der Waals surface area contributed by atoms with Crippen LogP contribution in [0.25, 0.3) is 11.1 Å². The smallest absolute Gasteiger partial charge is 0.321 e. The Kier molecular flexibility index (Phi) is 3.34. The summed E-state index contributed by atoms with van der Waals surface area (Å²) in [5.74, 6) is -1.61. The molecule has 2 atom stereocenters. The molecule has 4 rings (SSSR count). The van der Waals surface area contributed by atoms with Crippen LogP contribution in [-0.4, -0.2) is 11.9 Å². The van der Waals surface area contributed by atoms with E-state index < -0.39 is 11.9 Å². The van der Waals surface area contributed by atoms with Crippen molar-refractivity contribution in [3.05, 3.63) is 71.8 Å². The highest BCUT2D eigenvalue weighted by atomic mass is 16.6. The molecule has 3 nitrogen and oxygen atoms in total. The maximum absolute atomic E-state index is 12.3. The van der Waals surface area contributed by atoms with Gasteiger partial charge in [-0.05, 0) is 35.1 Å². The van der Waals surface area contributed by atoms with E-state index in [0.717, 1.165) is 28.7 Å². The van der Waals surface area contributed by atoms with E-state index in [2.05, 4.69) is 12.1 Å². The minimum absolute atomic E-state index is 0.342. The third-order valence-corrected chi connectivity index (χ3v) is 4.71. The third-order valence-electron chi connectivity index (χ3n) is 4.71. The van der Waals surface area contributed by atoms with Crippen molar-refractivity contribution in [3.8, 4) is 0 Å². The van der Waals surface area contributed by atoms with Gasteiger partial charge in [-0.15, -0.1) is 0 Å². The number of esters is 2. The topological polar surface area (TPSA) is 43.4 Å². The molecular formula is C20H16O3. The van der Waals surface area contributed by atoms with Crippen LogP contribution in [-0.2, 0) is 14.3 Å². The second-order valence-corrected chi connectivity index (χ2v) is 5.99. The van der Waals surface area contributed by atoms with E-state index in [4.69, 9.17) is 4.74 Å². The van der Waals surface area contributed by atoms with Gasteiger partial charge in [0.15, 0.2) is 0 Å². The fourth-order valence-electron chi connectivity index (χ4n) is 3.68. The molecule has 0 N–H and O–H groups in total. The van der Waals surface area contributed by atoms with Crippen LogP contribution in [0.15, 0.2) is 60.7 Å². The maximum Gasteiger partial charge on any atom is 0.321 e. The van der Waals surface area contributed by atoms with E-state index >= 15 is 0 Å². The second-order valence-electron chi connectivity index (χ2n) is 5.99. The maximum atomic E-state index is 12.3. The number of hydrogen-bond donors (Lipinski definition) is 0. The summed E-state index contributed by atoms with van der Waals surface area (Å²) in [7, 11) is 0. The molecule has 2 aromatic rings. The average molecular weight is 304 g/mol. The van der Waals surface area contributed by atoms with Crippen molar-refractivity contribution in [1.29, 1.82) is 0 Å². The Bertz CT molecular complexity index is 790. The van der Waals surface area contributed by atoms with E-state index in [1.54, 1.807) is 0 Å². The Morgan fingerprint density at radius 3 is 2.04 bits per heavy atom. The normalized spacial score (nSPS) is 23.7. The Balaban J connectivity index is 1.94. The molecule has 0 aromatic heterocycles. The summed E-state index contributed by atoms with van der Waals surface area (Å²) < 4.78 is 4.93. The molecule has 1 saturated heterocycles. The van der Waals surface area contributed by atoms with Gasteiger partial charge in [0.05, 0.1) is 11.8 Å². The molecule has 1 aliphatic heterocycles. The average Bonchev–Trinajstić information content (AvgIpc) is 2.90. The standard InChI is InChI=1S/C20H16O3/c21-19-16-12-11-15(13-7-3-1-4-8-13)17(18(16)20(22)23-19)14-9-5-2-6-10-14/h1-10,16,18H,11-12H2/t16-,18-/m0/s1. The zero-order valence-corrected chi connectivity index (χ0v) is 12.6. The Morgan fingerprint density at radius 1 is 0.783 bits per heavy atom. The van der Waals surface area contributed by atoms with E-state index in [-0.39, 0.29) is 11.9 Å². The van der Waals surface area contributed by atoms with Gasteiger partial charge in [0.2, 0.25) is 0 Å². The third kappa shape index (κ3) is 2.29. The number of benzene rings is 2. The number of rotatable bonds is 2. The zero-order valence-electron chi connectivity index (χ0n) is 12.6. The molecule has 2 aliphatic rings. The van der Waals surface area contributed by atoms with Crippen molar-refractivity contribution in [2.45, 2.75) is 12.8 Å². The molecule has 0 bridgehead atoms. The first-order valence-corrected chi connectivity index (χ1v) is 7.85. The molecule has 0 spiro atoms. The molecule has 114 valence electrons. The molecule has 0 radical (unpaired) electrons. The molecule has 1 heterocycles. The lowest BCUT2D eigenvalue weighted by Gasteiger charge is -2.27. The quantitative estimate of drug-likeness (QED) is 0.627. The lowest BCUT2D eigenvalue weighted by molar-refractivity contribution is -0.153. The first kappa shape index (κ1) is 13.9. The Labute approximate surface area is 134 Å². The zero-order chi connectivity index (χ0) is 15.8. The van der Waals surface area contributed by atoms with Crippen LogP contribution in [0.5, 0.6) is 0 Å². The number of carbonyl (C=O) groups excluding carboxylic acids is 2. The molecule has 0 saturated carbocycles. The van der Waals surface area contributed by atoms with Crippen LogP contribution in [0.1, 0.15) is 24.0 Å². The van der Waals surface area contributed by atoms with Gasteiger partial charge in [0.25, 0.3) is 0 Å². The molecule has 23 heavy (non-hydrogen) atoms. The highest BCUT2D eigenvalue weighted by Gasteiger charge is 2.49. The van der Waals surface area contributed by atoms with Crippen LogP contribution < -0.4 is 0 Å². The molecule has 1 fully saturated rings. The molecule has 0 unspecified atom stereocenters. The van der Waals surface area contributed by atoms with Gasteiger partial charge in [-0.3, -0.25) is 9.59 Å². The number of fused-ring (bicyclic) bond motifs is 1. The molecular weight excluding hydrogens is 288 g/mol. The lowest BCUT2D eigenvalue weighted by atomic mass is 9.72. The Hall–Kier alpha value is -2.68. The van der Waals surface area contributed by atoms with Crippen molar-refractivity contribution < 1.29 is 14.3 Å². The summed E-state index contributed by atoms with van der Waals surface area (Å²) >= 11 is 0. The fourth-order valence-corrected chi connectivity index (χ4v) is 3.68. The summed E-state index contributed by atoms with van der Waals surface area (Å²) in [6, 6.07) is 19.9. The van der Waals surface area contributed by atoms with Crippen molar-refractivity contribution in [3.63, 3.8) is 0 Å². The van der Waals surface area contributed by atoms with Crippen molar-refractivity contribution in [1.82, 2.24) is 0 Å². The molecule has 0 amide bonds. The Morgan fingerprint density at radius 2 is 1.39 bits per heavy atom. The molecule has 3 heteroatoms. The van der Waals surface area contributed by atoms with E-state index in [0.29, 0.717) is 6.42 Å². The van der Waals surface area contributed by atoms with Gasteiger partial charge in [0, 0.05) is 0 Å². The van der Waals surface area contributed by atoms with Gasteiger partial charge >= 0.3 is 11.9 Å². The van der Waals surface area contributed by atoms with E-state index in [1.807, 2.05) is 48.5 Å². The number of ether oxygens (including phenoxy) is 1. The van der Waals surface area contributed by atoms with Gasteiger partial charge in [0.1, 0.15) is 0 Å². The van der Waals surface area contributed by atoms with Crippen LogP contribution in [0.3, 0.4) is 0 Å². The largest absolute Gasteiger partial charge is 0.392 e. The molecule has 1 aliphatic carbocycles. The predicted octanol–water partition coefficient (Wildman–Crippen LogP) is 3.71. The first-order chi connectivity index (χ1) is 11.3. The SMILES string of the molecule is O=C1OC(=O)[C@H]2CCC(c3ccccc3)=C(c3ccccc3)[C@@H]12. The number of allylic oxidation sites excluding steroid dienone is 1. The first-order valence-electron chi connectivity index (χ1n) is 7.85. The van der Waals surface area contributed by atoms with Gasteiger partial charge in [-0.2, -0.15) is 0 Å². The van der Waals surface area contributed by atoms with Crippen molar-refractivity contribution in [2.75, 3.05) is 0 Å². The minimum atomic E-state index is -0.478. The van der Waals surface area contributed by atoms with Gasteiger partial charge in [-0.25, -0.2) is 0 Å². The fraction of sp³-hybridized carbons (Fsp3) is 0.200. The van der Waals surface area contributed by atoms with E-state index in [9.17, 15) is 9.59 Å². The lowest BCUT2D eigenvalue weighted by Crippen LogP contribution is -2.24. The van der Waals surface area contributed by atoms with Crippen LogP contribution in [0.4, 0.5) is 0 Å². The van der Waals surface area contributed by atoms with Crippen molar-refractivity contribution in [2.24, 2.45) is 11.8 Å². The van der Waals surface area contributed by atoms with E-state index in [1.165, 1.54) is 0 Å². The number of hydrogen-bond acceptors (Lipinski definition) is 3. The van der Waals surface area contributed by atoms with Crippen LogP contribution in [0.2, 0.25) is 0 Å². The number of carbonyl (C=O) groups is 2. The number of cyclic esters (lactones) is 2. The minimum Gasteiger partial charge on any atom is -0.392 e. The van der Waals surface area contributed by atoms with Gasteiger partial charge in [-0.1, -0.05) is 60.7 Å². The van der Waals surface area contributed by atoms with Crippen molar-refractivity contribution >= 4 is 23.1 Å². The summed E-state index contributed by atoms with van der Waals surface area (Å²) in [6.45, 7) is 0. The predicted molar refractivity (Wildman–Crippen MR) is 87.0 cm³/mol. The summed E-state index contributed by atoms with van der Waals surface area (Å²) in [6.07, 6.45) is 1.44. The van der Waals surface area contributed by atoms with Crippen LogP contribution >= 0.6 is 0 Å². The summed E-state index contributed by atoms with van der Waals surface area (Å²) in [4.78, 5) is 24.3. The molecule has 2 aromatic carbocycles. The van der Waals surface area contributed by atoms with Gasteiger partial charge < -0.3 is 4.74 Å². The second kappa shape index (κ2) is 5.51. The highest BCUT2D eigenvalue weighted by Crippen LogP contribution is 2.47. The summed E-state index contributed by atoms with van der Waals surface area (Å²) in [5.41, 5.74) is 4.19. The highest BCUT2D eigenvalue weighted by molar-refractivity contribution is 6.09.